The van der Waals surface area contributed by atoms with E-state index in [1.807, 2.05) is 18.7 Å². The Bertz CT molecular complexity index is 205. The summed E-state index contributed by atoms with van der Waals surface area (Å²) >= 11 is 3.34. The van der Waals surface area contributed by atoms with E-state index in [1.165, 1.54) is 0 Å². The Morgan fingerprint density at radius 2 is 2.27 bits per heavy atom. The van der Waals surface area contributed by atoms with Crippen LogP contribution in [0, 0.1) is 0 Å². The van der Waals surface area contributed by atoms with Crippen molar-refractivity contribution in [3.8, 4) is 0 Å². The van der Waals surface area contributed by atoms with Gasteiger partial charge in [0, 0.05) is 17.9 Å². The van der Waals surface area contributed by atoms with E-state index in [9.17, 15) is 4.79 Å². The number of carbonyl (C=O) groups excluding carboxylic acids is 1. The van der Waals surface area contributed by atoms with E-state index in [1.54, 1.807) is 0 Å². The maximum atomic E-state index is 12.0. The number of nitrogens with zero attached hydrogens (tertiary/aromatic N) is 1. The quantitative estimate of drug-likeness (QED) is 0.722. The largest absolute Gasteiger partial charge is 0.376 e. The number of alkyl halides is 1. The number of carbonyl (C=O) groups is 1. The van der Waals surface area contributed by atoms with Crippen LogP contribution in [-0.4, -0.2) is 54.6 Å². The average molecular weight is 280 g/mol. The van der Waals surface area contributed by atoms with Gasteiger partial charge in [-0.25, -0.2) is 0 Å². The van der Waals surface area contributed by atoms with Crippen LogP contribution in [-0.2, 0) is 14.3 Å². The molecular weight excluding hydrogens is 262 g/mol. The highest BCUT2D eigenvalue weighted by Gasteiger charge is 2.28. The van der Waals surface area contributed by atoms with Crippen LogP contribution in [0.1, 0.15) is 13.8 Å². The minimum atomic E-state index is -0.416. The number of ether oxygens (including phenoxy) is 2. The van der Waals surface area contributed by atoms with Crippen LogP contribution < -0.4 is 0 Å². The second kappa shape index (κ2) is 6.45. The molecule has 0 saturated carbocycles. The summed E-state index contributed by atoms with van der Waals surface area (Å²) < 4.78 is 10.6. The fourth-order valence-electron chi connectivity index (χ4n) is 1.53. The van der Waals surface area contributed by atoms with Gasteiger partial charge < -0.3 is 14.4 Å². The van der Waals surface area contributed by atoms with Crippen LogP contribution in [0.3, 0.4) is 0 Å². The lowest BCUT2D eigenvalue weighted by atomic mass is 10.2. The third-order valence-corrected chi connectivity index (χ3v) is 2.68. The zero-order valence-corrected chi connectivity index (χ0v) is 10.8. The minimum Gasteiger partial charge on any atom is -0.376 e. The Kier molecular flexibility index (Phi) is 5.56. The molecule has 0 radical (unpaired) electrons. The highest BCUT2D eigenvalue weighted by molar-refractivity contribution is 9.09. The molecule has 0 aliphatic carbocycles. The van der Waals surface area contributed by atoms with Crippen molar-refractivity contribution in [1.29, 1.82) is 0 Å². The van der Waals surface area contributed by atoms with Crippen LogP contribution in [0.2, 0.25) is 0 Å². The third kappa shape index (κ3) is 3.74. The fourth-order valence-corrected chi connectivity index (χ4v) is 1.91. The number of hydrogen-bond donors (Lipinski definition) is 0. The summed E-state index contributed by atoms with van der Waals surface area (Å²) in [5.74, 6) is 0.0316. The number of hydrogen-bond acceptors (Lipinski definition) is 3. The Labute approximate surface area is 99.0 Å². The van der Waals surface area contributed by atoms with Gasteiger partial charge in [0.2, 0.25) is 0 Å². The summed E-state index contributed by atoms with van der Waals surface area (Å²) in [7, 11) is 0. The van der Waals surface area contributed by atoms with Crippen molar-refractivity contribution in [2.75, 3.05) is 31.7 Å². The average Bonchev–Trinajstić information content (AvgIpc) is 2.26. The smallest absolute Gasteiger partial charge is 0.254 e. The van der Waals surface area contributed by atoms with Gasteiger partial charge in [0.25, 0.3) is 5.91 Å². The lowest BCUT2D eigenvalue weighted by Crippen LogP contribution is -2.48. The molecular formula is C10H18BrNO3. The standard InChI is InChI=1S/C10H18BrNO3/c1-8(2)12(4-3-11)10(13)9-7-14-5-6-15-9/h8-9H,3-7H2,1-2H3. The van der Waals surface area contributed by atoms with Crippen LogP contribution >= 0.6 is 15.9 Å². The van der Waals surface area contributed by atoms with Crippen molar-refractivity contribution in [3.63, 3.8) is 0 Å². The first-order valence-electron chi connectivity index (χ1n) is 5.22. The van der Waals surface area contributed by atoms with E-state index in [2.05, 4.69) is 15.9 Å². The zero-order chi connectivity index (χ0) is 11.3. The van der Waals surface area contributed by atoms with Crippen LogP contribution in [0.25, 0.3) is 0 Å². The molecule has 0 bridgehead atoms. The van der Waals surface area contributed by atoms with Crippen molar-refractivity contribution >= 4 is 21.8 Å². The zero-order valence-electron chi connectivity index (χ0n) is 9.24. The van der Waals surface area contributed by atoms with E-state index >= 15 is 0 Å². The molecule has 1 aliphatic rings. The van der Waals surface area contributed by atoms with Crippen molar-refractivity contribution < 1.29 is 14.3 Å². The van der Waals surface area contributed by atoms with E-state index < -0.39 is 6.10 Å². The predicted octanol–water partition coefficient (Wildman–Crippen LogP) is 1.03. The molecule has 1 atom stereocenters. The van der Waals surface area contributed by atoms with Crippen molar-refractivity contribution in [2.24, 2.45) is 0 Å². The van der Waals surface area contributed by atoms with Gasteiger partial charge in [0.15, 0.2) is 6.10 Å². The molecule has 1 heterocycles. The van der Waals surface area contributed by atoms with Gasteiger partial charge in [0.05, 0.1) is 19.8 Å². The summed E-state index contributed by atoms with van der Waals surface area (Å²) in [6.45, 7) is 6.19. The lowest BCUT2D eigenvalue weighted by molar-refractivity contribution is -0.159. The molecule has 88 valence electrons. The van der Waals surface area contributed by atoms with Crippen molar-refractivity contribution in [2.45, 2.75) is 26.0 Å². The van der Waals surface area contributed by atoms with Crippen molar-refractivity contribution in [1.82, 2.24) is 4.90 Å². The number of amides is 1. The fraction of sp³-hybridized carbons (Fsp3) is 0.900. The summed E-state index contributed by atoms with van der Waals surface area (Å²) in [5.41, 5.74) is 0. The van der Waals surface area contributed by atoms with Gasteiger partial charge in [-0.3, -0.25) is 4.79 Å². The van der Waals surface area contributed by atoms with Gasteiger partial charge in [-0.15, -0.1) is 0 Å². The van der Waals surface area contributed by atoms with Gasteiger partial charge in [-0.1, -0.05) is 15.9 Å². The molecule has 1 fully saturated rings. The molecule has 0 spiro atoms. The minimum absolute atomic E-state index is 0.0316. The van der Waals surface area contributed by atoms with E-state index in [-0.39, 0.29) is 11.9 Å². The topological polar surface area (TPSA) is 38.8 Å². The van der Waals surface area contributed by atoms with Gasteiger partial charge in [-0.05, 0) is 13.8 Å². The second-order valence-electron chi connectivity index (χ2n) is 3.75. The van der Waals surface area contributed by atoms with E-state index in [0.717, 1.165) is 5.33 Å². The third-order valence-electron chi connectivity index (χ3n) is 2.32. The second-order valence-corrected chi connectivity index (χ2v) is 4.54. The number of halogens is 1. The molecule has 1 amide bonds. The van der Waals surface area contributed by atoms with E-state index in [4.69, 9.17) is 9.47 Å². The molecule has 1 unspecified atom stereocenters. The van der Waals surface area contributed by atoms with E-state index in [0.29, 0.717) is 26.4 Å². The molecule has 4 nitrogen and oxygen atoms in total. The van der Waals surface area contributed by atoms with Crippen molar-refractivity contribution in [3.05, 3.63) is 0 Å². The summed E-state index contributed by atoms with van der Waals surface area (Å²) in [5, 5.41) is 0.782. The summed E-state index contributed by atoms with van der Waals surface area (Å²) in [6.07, 6.45) is -0.416. The van der Waals surface area contributed by atoms with Crippen LogP contribution in [0.15, 0.2) is 0 Å². The molecule has 1 aliphatic heterocycles. The Morgan fingerprint density at radius 1 is 1.53 bits per heavy atom. The molecule has 0 N–H and O–H groups in total. The molecule has 0 aromatic carbocycles. The monoisotopic (exact) mass is 279 g/mol. The summed E-state index contributed by atoms with van der Waals surface area (Å²) in [6, 6.07) is 0.195. The predicted molar refractivity (Wildman–Crippen MR) is 61.2 cm³/mol. The van der Waals surface area contributed by atoms with Gasteiger partial charge >= 0.3 is 0 Å². The molecule has 0 aromatic heterocycles. The highest BCUT2D eigenvalue weighted by Crippen LogP contribution is 2.09. The molecule has 1 rings (SSSR count). The van der Waals surface area contributed by atoms with Gasteiger partial charge in [0.1, 0.15) is 0 Å². The first kappa shape index (κ1) is 12.9. The molecule has 15 heavy (non-hydrogen) atoms. The maximum absolute atomic E-state index is 12.0. The Hall–Kier alpha value is -0.130. The summed E-state index contributed by atoms with van der Waals surface area (Å²) in [4.78, 5) is 13.8. The normalized spacial score (nSPS) is 21.7. The highest BCUT2D eigenvalue weighted by atomic mass is 79.9. The first-order valence-corrected chi connectivity index (χ1v) is 6.34. The lowest BCUT2D eigenvalue weighted by Gasteiger charge is -2.31. The van der Waals surface area contributed by atoms with Gasteiger partial charge in [-0.2, -0.15) is 0 Å². The molecule has 5 heteroatoms. The first-order chi connectivity index (χ1) is 7.16. The molecule has 1 saturated heterocycles. The SMILES string of the molecule is CC(C)N(CCBr)C(=O)C1COCCO1. The number of rotatable bonds is 4. The Balaban J connectivity index is 2.53. The van der Waals surface area contributed by atoms with Crippen LogP contribution in [0.4, 0.5) is 0 Å². The maximum Gasteiger partial charge on any atom is 0.254 e. The molecule has 0 aromatic rings. The van der Waals surface area contributed by atoms with Crippen LogP contribution in [0.5, 0.6) is 0 Å². The Morgan fingerprint density at radius 3 is 2.73 bits per heavy atom.